The summed E-state index contributed by atoms with van der Waals surface area (Å²) >= 11 is 0. The smallest absolute Gasteiger partial charge is 0.193 e. The summed E-state index contributed by atoms with van der Waals surface area (Å²) in [6.45, 7) is 8.67. The summed E-state index contributed by atoms with van der Waals surface area (Å²) in [7, 11) is 1.95. The second-order valence-corrected chi connectivity index (χ2v) is 6.69. The van der Waals surface area contributed by atoms with Gasteiger partial charge in [0.1, 0.15) is 5.82 Å². The number of aliphatic hydroxyl groups is 1. The first kappa shape index (κ1) is 20.4. The van der Waals surface area contributed by atoms with Gasteiger partial charge in [0, 0.05) is 33.3 Å². The minimum atomic E-state index is -0.220. The molecule has 1 aromatic carbocycles. The fourth-order valence-electron chi connectivity index (χ4n) is 2.80. The molecule has 0 radical (unpaired) electrons. The Balaban J connectivity index is 2.75. The Bertz CT molecular complexity index is 505. The SMILES string of the molecule is CCNC(=NCC(CCO)CC(C)C)N(C)Cc1cccc(F)c1. The maximum Gasteiger partial charge on any atom is 0.193 e. The van der Waals surface area contributed by atoms with Gasteiger partial charge in [-0.05, 0) is 49.3 Å². The summed E-state index contributed by atoms with van der Waals surface area (Å²) in [5.41, 5.74) is 0.914. The minimum absolute atomic E-state index is 0.197. The molecule has 0 saturated carbocycles. The van der Waals surface area contributed by atoms with E-state index in [0.29, 0.717) is 24.9 Å². The molecular weight excluding hydrogens is 305 g/mol. The van der Waals surface area contributed by atoms with E-state index >= 15 is 0 Å². The molecule has 0 spiro atoms. The predicted molar refractivity (Wildman–Crippen MR) is 98.5 cm³/mol. The van der Waals surface area contributed by atoms with Crippen LogP contribution in [0.4, 0.5) is 4.39 Å². The lowest BCUT2D eigenvalue weighted by Gasteiger charge is -2.23. The van der Waals surface area contributed by atoms with Crippen molar-refractivity contribution in [2.45, 2.75) is 40.2 Å². The van der Waals surface area contributed by atoms with Crippen LogP contribution in [0.5, 0.6) is 0 Å². The van der Waals surface area contributed by atoms with Gasteiger partial charge in [-0.3, -0.25) is 4.99 Å². The average Bonchev–Trinajstić information content (AvgIpc) is 2.50. The third-order valence-electron chi connectivity index (χ3n) is 3.85. The Hall–Kier alpha value is -1.62. The number of nitrogens with zero attached hydrogens (tertiary/aromatic N) is 2. The van der Waals surface area contributed by atoms with Gasteiger partial charge in [-0.1, -0.05) is 26.0 Å². The molecule has 4 nitrogen and oxygen atoms in total. The van der Waals surface area contributed by atoms with E-state index in [4.69, 9.17) is 4.99 Å². The zero-order valence-electron chi connectivity index (χ0n) is 15.4. The van der Waals surface area contributed by atoms with Crippen LogP contribution in [0.3, 0.4) is 0 Å². The average molecular weight is 337 g/mol. The number of hydrogen-bond acceptors (Lipinski definition) is 2. The van der Waals surface area contributed by atoms with Crippen LogP contribution in [0.2, 0.25) is 0 Å². The van der Waals surface area contributed by atoms with Crippen molar-refractivity contribution < 1.29 is 9.50 Å². The van der Waals surface area contributed by atoms with Gasteiger partial charge in [-0.15, -0.1) is 0 Å². The quantitative estimate of drug-likeness (QED) is 0.537. The van der Waals surface area contributed by atoms with E-state index in [0.717, 1.165) is 30.9 Å². The molecule has 0 amide bonds. The molecule has 0 aliphatic rings. The second kappa shape index (κ2) is 11.0. The van der Waals surface area contributed by atoms with Crippen molar-refractivity contribution in [2.24, 2.45) is 16.8 Å². The lowest BCUT2D eigenvalue weighted by atomic mass is 9.94. The Morgan fingerprint density at radius 2 is 2.12 bits per heavy atom. The summed E-state index contributed by atoms with van der Waals surface area (Å²) in [5.74, 6) is 1.56. The van der Waals surface area contributed by atoms with Gasteiger partial charge in [0.05, 0.1) is 0 Å². The fraction of sp³-hybridized carbons (Fsp3) is 0.632. The number of rotatable bonds is 9. The lowest BCUT2D eigenvalue weighted by molar-refractivity contribution is 0.245. The zero-order valence-corrected chi connectivity index (χ0v) is 15.4. The molecule has 0 saturated heterocycles. The van der Waals surface area contributed by atoms with E-state index < -0.39 is 0 Å². The summed E-state index contributed by atoms with van der Waals surface area (Å²) in [4.78, 5) is 6.73. The minimum Gasteiger partial charge on any atom is -0.396 e. The highest BCUT2D eigenvalue weighted by molar-refractivity contribution is 5.79. The van der Waals surface area contributed by atoms with Crippen molar-refractivity contribution in [3.63, 3.8) is 0 Å². The molecule has 0 bridgehead atoms. The van der Waals surface area contributed by atoms with Gasteiger partial charge < -0.3 is 15.3 Å². The first-order valence-electron chi connectivity index (χ1n) is 8.81. The van der Waals surface area contributed by atoms with Crippen LogP contribution < -0.4 is 5.32 Å². The number of guanidine groups is 1. The van der Waals surface area contributed by atoms with Crippen molar-refractivity contribution in [3.05, 3.63) is 35.6 Å². The van der Waals surface area contributed by atoms with Crippen LogP contribution >= 0.6 is 0 Å². The highest BCUT2D eigenvalue weighted by Crippen LogP contribution is 2.16. The monoisotopic (exact) mass is 337 g/mol. The van der Waals surface area contributed by atoms with E-state index in [1.165, 1.54) is 6.07 Å². The Morgan fingerprint density at radius 3 is 2.71 bits per heavy atom. The second-order valence-electron chi connectivity index (χ2n) is 6.69. The molecule has 0 aliphatic heterocycles. The normalized spacial score (nSPS) is 13.2. The number of halogens is 1. The van der Waals surface area contributed by atoms with Crippen LogP contribution in [-0.4, -0.2) is 42.7 Å². The molecule has 1 rings (SSSR count). The molecule has 1 unspecified atom stereocenters. The Labute approximate surface area is 145 Å². The first-order valence-corrected chi connectivity index (χ1v) is 8.81. The maximum absolute atomic E-state index is 13.3. The molecule has 0 aromatic heterocycles. The number of benzene rings is 1. The summed E-state index contributed by atoms with van der Waals surface area (Å²) in [5, 5.41) is 12.5. The van der Waals surface area contributed by atoms with Gasteiger partial charge >= 0.3 is 0 Å². The highest BCUT2D eigenvalue weighted by Gasteiger charge is 2.12. The van der Waals surface area contributed by atoms with Crippen LogP contribution in [0, 0.1) is 17.7 Å². The first-order chi connectivity index (χ1) is 11.5. The van der Waals surface area contributed by atoms with Gasteiger partial charge in [-0.25, -0.2) is 4.39 Å². The Morgan fingerprint density at radius 1 is 1.38 bits per heavy atom. The molecule has 136 valence electrons. The van der Waals surface area contributed by atoms with Crippen LogP contribution in [0.25, 0.3) is 0 Å². The molecule has 0 fully saturated rings. The zero-order chi connectivity index (χ0) is 17.9. The molecule has 0 aliphatic carbocycles. The van der Waals surface area contributed by atoms with Gasteiger partial charge in [0.25, 0.3) is 0 Å². The molecule has 0 heterocycles. The molecular formula is C19H32FN3O. The van der Waals surface area contributed by atoms with Crippen molar-refractivity contribution in [3.8, 4) is 0 Å². The molecule has 1 aromatic rings. The largest absolute Gasteiger partial charge is 0.396 e. The number of hydrogen-bond donors (Lipinski definition) is 2. The van der Waals surface area contributed by atoms with Crippen molar-refractivity contribution >= 4 is 5.96 Å². The summed E-state index contributed by atoms with van der Waals surface area (Å²) in [6, 6.07) is 6.64. The topological polar surface area (TPSA) is 47.9 Å². The van der Waals surface area contributed by atoms with E-state index in [1.54, 1.807) is 12.1 Å². The van der Waals surface area contributed by atoms with Gasteiger partial charge in [0.15, 0.2) is 5.96 Å². The van der Waals surface area contributed by atoms with E-state index in [-0.39, 0.29) is 12.4 Å². The summed E-state index contributed by atoms with van der Waals surface area (Å²) in [6.07, 6.45) is 1.83. The Kier molecular flexibility index (Phi) is 9.38. The third-order valence-corrected chi connectivity index (χ3v) is 3.85. The fourth-order valence-corrected chi connectivity index (χ4v) is 2.80. The number of aliphatic imine (C=N–C) groups is 1. The van der Waals surface area contributed by atoms with E-state index in [1.807, 2.05) is 24.9 Å². The summed E-state index contributed by atoms with van der Waals surface area (Å²) < 4.78 is 13.3. The molecule has 2 N–H and O–H groups in total. The van der Waals surface area contributed by atoms with Crippen LogP contribution in [0.15, 0.2) is 29.3 Å². The standard InChI is InChI=1S/C19H32FN3O/c1-5-21-19(22-13-16(9-10-24)11-15(2)3)23(4)14-17-7-6-8-18(20)12-17/h6-8,12,15-16,24H,5,9-11,13-14H2,1-4H3,(H,21,22). The predicted octanol–water partition coefficient (Wildman–Crippen LogP) is 3.27. The van der Waals surface area contributed by atoms with E-state index in [2.05, 4.69) is 19.2 Å². The van der Waals surface area contributed by atoms with E-state index in [9.17, 15) is 9.50 Å². The third kappa shape index (κ3) is 7.77. The highest BCUT2D eigenvalue weighted by atomic mass is 19.1. The van der Waals surface area contributed by atoms with Crippen LogP contribution in [-0.2, 0) is 6.54 Å². The van der Waals surface area contributed by atoms with Gasteiger partial charge in [0.2, 0.25) is 0 Å². The lowest BCUT2D eigenvalue weighted by Crippen LogP contribution is -2.39. The number of nitrogens with one attached hydrogen (secondary N) is 1. The molecule has 1 atom stereocenters. The van der Waals surface area contributed by atoms with Crippen molar-refractivity contribution in [1.82, 2.24) is 10.2 Å². The van der Waals surface area contributed by atoms with Crippen molar-refractivity contribution in [2.75, 3.05) is 26.7 Å². The molecule has 24 heavy (non-hydrogen) atoms. The number of aliphatic hydroxyl groups excluding tert-OH is 1. The van der Waals surface area contributed by atoms with Crippen molar-refractivity contribution in [1.29, 1.82) is 0 Å². The molecule has 5 heteroatoms. The maximum atomic E-state index is 13.3. The van der Waals surface area contributed by atoms with Crippen LogP contribution in [0.1, 0.15) is 39.2 Å². The van der Waals surface area contributed by atoms with Gasteiger partial charge in [-0.2, -0.15) is 0 Å².